The molecule has 218 valence electrons. The van der Waals surface area contributed by atoms with Crippen LogP contribution in [-0.4, -0.2) is 28.1 Å². The number of nitrogens with one attached hydrogen (secondary N) is 2. The van der Waals surface area contributed by atoms with Crippen molar-refractivity contribution in [3.63, 3.8) is 0 Å². The summed E-state index contributed by atoms with van der Waals surface area (Å²) in [5.41, 5.74) is 5.66. The Hall–Kier alpha value is -5.82. The number of fused-ring (bicyclic) bond motifs is 1. The number of aliphatic carboxylic acids is 1. The molecule has 0 saturated heterocycles. The fourth-order valence-electron chi connectivity index (χ4n) is 4.93. The molecule has 0 aliphatic heterocycles. The number of hydrogen-bond acceptors (Lipinski definition) is 4. The van der Waals surface area contributed by atoms with Gasteiger partial charge in [-0.25, -0.2) is 4.79 Å². The number of carbonyl (C=O) groups excluding carboxylic acids is 1. The number of aromatic nitrogens is 1. The van der Waals surface area contributed by atoms with E-state index in [2.05, 4.69) is 10.3 Å². The first-order chi connectivity index (χ1) is 21.5. The number of rotatable bonds is 11. The van der Waals surface area contributed by atoms with Crippen LogP contribution in [0, 0.1) is 0 Å². The normalized spacial score (nSPS) is 11.5. The zero-order chi connectivity index (χ0) is 30.3. The van der Waals surface area contributed by atoms with Crippen molar-refractivity contribution in [1.29, 1.82) is 0 Å². The second-order valence-electron chi connectivity index (χ2n) is 10.4. The third-order valence-corrected chi connectivity index (χ3v) is 7.21. The Bertz CT molecular complexity index is 1880. The lowest BCUT2D eigenvalue weighted by molar-refractivity contribution is -0.145. The fourth-order valence-corrected chi connectivity index (χ4v) is 4.93. The maximum Gasteiger partial charge on any atom is 0.345 e. The minimum Gasteiger partial charge on any atom is -0.489 e. The highest BCUT2D eigenvalue weighted by atomic mass is 16.5. The molecule has 0 fully saturated rings. The van der Waals surface area contributed by atoms with Crippen LogP contribution in [0.5, 0.6) is 11.5 Å². The molecule has 5 aromatic carbocycles. The molecule has 0 aliphatic carbocycles. The van der Waals surface area contributed by atoms with E-state index >= 15 is 0 Å². The van der Waals surface area contributed by atoms with Crippen molar-refractivity contribution >= 4 is 28.5 Å². The number of carboxylic acids is 1. The highest BCUT2D eigenvalue weighted by Gasteiger charge is 2.20. The van der Waals surface area contributed by atoms with Crippen LogP contribution >= 0.6 is 0 Å². The quantitative estimate of drug-likeness (QED) is 0.145. The minimum atomic E-state index is -1.02. The van der Waals surface area contributed by atoms with Gasteiger partial charge in [0.1, 0.15) is 23.8 Å². The first-order valence-electron chi connectivity index (χ1n) is 14.2. The Kier molecular flexibility index (Phi) is 8.36. The van der Waals surface area contributed by atoms with Gasteiger partial charge in [0, 0.05) is 23.0 Å². The van der Waals surface area contributed by atoms with E-state index in [0.29, 0.717) is 23.7 Å². The van der Waals surface area contributed by atoms with E-state index in [0.717, 1.165) is 38.9 Å². The minimum absolute atomic E-state index is 0.255. The summed E-state index contributed by atoms with van der Waals surface area (Å²) in [6.07, 6.45) is -0.753. The number of hydrogen-bond donors (Lipinski definition) is 3. The number of amides is 1. The van der Waals surface area contributed by atoms with Gasteiger partial charge in [0.05, 0.1) is 0 Å². The van der Waals surface area contributed by atoms with Crippen molar-refractivity contribution < 1.29 is 24.2 Å². The molecule has 6 rings (SSSR count). The number of H-pyrrole nitrogens is 1. The number of ether oxygens (including phenoxy) is 2. The van der Waals surface area contributed by atoms with E-state index in [1.54, 1.807) is 6.07 Å². The van der Waals surface area contributed by atoms with Gasteiger partial charge in [0.25, 0.3) is 5.91 Å². The number of benzene rings is 5. The van der Waals surface area contributed by atoms with Crippen molar-refractivity contribution in [1.82, 2.24) is 4.98 Å². The molecule has 0 saturated carbocycles. The van der Waals surface area contributed by atoms with E-state index in [9.17, 15) is 14.7 Å². The van der Waals surface area contributed by atoms with E-state index in [1.807, 2.05) is 127 Å². The molecule has 6 aromatic rings. The van der Waals surface area contributed by atoms with Crippen LogP contribution in [0.1, 0.15) is 21.6 Å². The van der Waals surface area contributed by atoms with Crippen molar-refractivity contribution in [3.8, 4) is 22.6 Å². The molecule has 1 atom stereocenters. The van der Waals surface area contributed by atoms with Gasteiger partial charge in [-0.3, -0.25) is 4.79 Å². The lowest BCUT2D eigenvalue weighted by Gasteiger charge is -2.16. The highest BCUT2D eigenvalue weighted by molar-refractivity contribution is 6.06. The van der Waals surface area contributed by atoms with Gasteiger partial charge in [-0.1, -0.05) is 84.9 Å². The predicted octanol–water partition coefficient (Wildman–Crippen LogP) is 7.74. The SMILES string of the molecule is O=C(Nc1ccc(-c2cccc(OC(Cc3ccccc3)C(=O)O)c2)cc1)c1cc2cc(OCc3ccccc3)ccc2[nH]1. The first kappa shape index (κ1) is 28.3. The molecule has 0 radical (unpaired) electrons. The summed E-state index contributed by atoms with van der Waals surface area (Å²) < 4.78 is 11.8. The van der Waals surface area contributed by atoms with E-state index in [1.165, 1.54) is 0 Å². The summed E-state index contributed by atoms with van der Waals surface area (Å²) in [7, 11) is 0. The van der Waals surface area contributed by atoms with Crippen LogP contribution in [-0.2, 0) is 17.8 Å². The molecule has 1 aromatic heterocycles. The topological polar surface area (TPSA) is 101 Å². The third kappa shape index (κ3) is 6.97. The molecule has 0 spiro atoms. The van der Waals surface area contributed by atoms with Gasteiger partial charge in [-0.05, 0) is 70.8 Å². The summed E-state index contributed by atoms with van der Waals surface area (Å²) in [6, 6.07) is 41.6. The molecule has 3 N–H and O–H groups in total. The Morgan fingerprint density at radius 3 is 2.16 bits per heavy atom. The molecule has 0 aliphatic rings. The zero-order valence-electron chi connectivity index (χ0n) is 23.8. The van der Waals surface area contributed by atoms with Crippen LogP contribution in [0.4, 0.5) is 5.69 Å². The van der Waals surface area contributed by atoms with E-state index < -0.39 is 12.1 Å². The predicted molar refractivity (Wildman–Crippen MR) is 171 cm³/mol. The van der Waals surface area contributed by atoms with Crippen LogP contribution in [0.25, 0.3) is 22.0 Å². The first-order valence-corrected chi connectivity index (χ1v) is 14.2. The monoisotopic (exact) mass is 582 g/mol. The standard InChI is InChI=1S/C37H30N2O5/c40-36(34-23-29-22-31(18-19-33(29)39-34)43-24-26-10-5-2-6-11-26)38-30-16-14-27(15-17-30)28-12-7-13-32(21-28)44-35(37(41)42)20-25-8-3-1-4-9-25/h1-19,21-23,35,39H,20,24H2,(H,38,40)(H,41,42). The van der Waals surface area contributed by atoms with E-state index in [-0.39, 0.29) is 12.3 Å². The average Bonchev–Trinajstić information content (AvgIpc) is 3.49. The van der Waals surface area contributed by atoms with Gasteiger partial charge in [-0.15, -0.1) is 0 Å². The molecule has 1 amide bonds. The number of carbonyl (C=O) groups is 2. The maximum atomic E-state index is 13.0. The molecular weight excluding hydrogens is 552 g/mol. The lowest BCUT2D eigenvalue weighted by Crippen LogP contribution is -2.29. The third-order valence-electron chi connectivity index (χ3n) is 7.21. The smallest absolute Gasteiger partial charge is 0.345 e. The maximum absolute atomic E-state index is 13.0. The molecule has 44 heavy (non-hydrogen) atoms. The van der Waals surface area contributed by atoms with Crippen LogP contribution in [0.3, 0.4) is 0 Å². The molecular formula is C37H30N2O5. The average molecular weight is 583 g/mol. The second kappa shape index (κ2) is 13.0. The van der Waals surface area contributed by atoms with Crippen molar-refractivity contribution in [2.75, 3.05) is 5.32 Å². The number of aromatic amines is 1. The molecule has 0 bridgehead atoms. The molecule has 1 heterocycles. The molecule has 7 heteroatoms. The van der Waals surface area contributed by atoms with Crippen LogP contribution in [0.2, 0.25) is 0 Å². The van der Waals surface area contributed by atoms with Gasteiger partial charge >= 0.3 is 5.97 Å². The molecule has 7 nitrogen and oxygen atoms in total. The number of carboxylic acid groups (broad SMARTS) is 1. The Morgan fingerprint density at radius 1 is 0.705 bits per heavy atom. The van der Waals surface area contributed by atoms with Gasteiger partial charge < -0.3 is 24.9 Å². The van der Waals surface area contributed by atoms with Crippen molar-refractivity contribution in [2.45, 2.75) is 19.1 Å². The Labute approximate surface area is 254 Å². The van der Waals surface area contributed by atoms with Crippen LogP contribution in [0.15, 0.2) is 133 Å². The van der Waals surface area contributed by atoms with E-state index in [4.69, 9.17) is 9.47 Å². The van der Waals surface area contributed by atoms with Gasteiger partial charge in [-0.2, -0.15) is 0 Å². The van der Waals surface area contributed by atoms with Gasteiger partial charge in [0.15, 0.2) is 6.10 Å². The lowest BCUT2D eigenvalue weighted by atomic mass is 10.0. The summed E-state index contributed by atoms with van der Waals surface area (Å²) in [5.74, 6) is -0.0805. The molecule has 1 unspecified atom stereocenters. The zero-order valence-corrected chi connectivity index (χ0v) is 23.8. The second-order valence-corrected chi connectivity index (χ2v) is 10.4. The number of anilines is 1. The summed E-state index contributed by atoms with van der Waals surface area (Å²) >= 11 is 0. The van der Waals surface area contributed by atoms with Gasteiger partial charge in [0.2, 0.25) is 0 Å². The Morgan fingerprint density at radius 2 is 1.43 bits per heavy atom. The van der Waals surface area contributed by atoms with Crippen molar-refractivity contribution in [3.05, 3.63) is 150 Å². The Balaban J connectivity index is 1.09. The van der Waals surface area contributed by atoms with Crippen molar-refractivity contribution in [2.24, 2.45) is 0 Å². The largest absolute Gasteiger partial charge is 0.489 e. The summed E-state index contributed by atoms with van der Waals surface area (Å²) in [6.45, 7) is 0.467. The summed E-state index contributed by atoms with van der Waals surface area (Å²) in [4.78, 5) is 28.1. The highest BCUT2D eigenvalue weighted by Crippen LogP contribution is 2.27. The summed E-state index contributed by atoms with van der Waals surface area (Å²) in [5, 5.41) is 13.5. The fraction of sp³-hybridized carbons (Fsp3) is 0.0811. The van der Waals surface area contributed by atoms with Crippen LogP contribution < -0.4 is 14.8 Å².